The standard InChI is InChI=1S/C24H26N4O6S/c1-5-34-24(31)22-15(2)25-19-8-6-7-9-20(19)26-23(22)27-21(30)14-28(4)35(32,33)18-12-10-17(11-13-18)16(3)29/h6-13,25H,5,14H2,1-4H3,(H,26,27,30). The fraction of sp³-hybridized carbons (Fsp3) is 0.250. The lowest BCUT2D eigenvalue weighted by molar-refractivity contribution is -0.137. The number of rotatable bonds is 7. The number of hydrogen-bond donors (Lipinski definition) is 2. The zero-order valence-corrected chi connectivity index (χ0v) is 20.6. The van der Waals surface area contributed by atoms with E-state index in [1.54, 1.807) is 38.1 Å². The molecule has 0 unspecified atom stereocenters. The van der Waals surface area contributed by atoms with Gasteiger partial charge in [0.05, 0.1) is 29.4 Å². The number of ether oxygens (including phenoxy) is 1. The maximum atomic E-state index is 12.9. The number of anilines is 1. The minimum Gasteiger partial charge on any atom is -0.462 e. The molecule has 1 heterocycles. The van der Waals surface area contributed by atoms with Gasteiger partial charge in [-0.05, 0) is 45.0 Å². The number of fused-ring (bicyclic) bond motifs is 1. The lowest BCUT2D eigenvalue weighted by Gasteiger charge is -2.18. The summed E-state index contributed by atoms with van der Waals surface area (Å²) >= 11 is 0. The van der Waals surface area contributed by atoms with Crippen molar-refractivity contribution in [1.29, 1.82) is 0 Å². The number of sulfonamides is 1. The average molecular weight is 499 g/mol. The van der Waals surface area contributed by atoms with Crippen molar-refractivity contribution in [1.82, 2.24) is 9.62 Å². The number of hydrogen-bond acceptors (Lipinski definition) is 8. The summed E-state index contributed by atoms with van der Waals surface area (Å²) in [5, 5.41) is 5.66. The third-order valence-electron chi connectivity index (χ3n) is 5.14. The van der Waals surface area contributed by atoms with Crippen molar-refractivity contribution in [3.63, 3.8) is 0 Å². The number of ketones is 1. The van der Waals surface area contributed by atoms with Gasteiger partial charge in [-0.2, -0.15) is 4.31 Å². The highest BCUT2D eigenvalue weighted by molar-refractivity contribution is 7.89. The summed E-state index contributed by atoms with van der Waals surface area (Å²) in [6.07, 6.45) is 0. The van der Waals surface area contributed by atoms with Gasteiger partial charge in [0, 0.05) is 18.3 Å². The summed E-state index contributed by atoms with van der Waals surface area (Å²) < 4.78 is 31.8. The maximum Gasteiger partial charge on any atom is 0.343 e. The molecule has 0 spiro atoms. The summed E-state index contributed by atoms with van der Waals surface area (Å²) in [5.74, 6) is -1.64. The highest BCUT2D eigenvalue weighted by atomic mass is 32.2. The molecule has 1 amide bonds. The second kappa shape index (κ2) is 10.6. The van der Waals surface area contributed by atoms with Crippen LogP contribution in [0, 0.1) is 0 Å². The molecule has 0 radical (unpaired) electrons. The zero-order valence-electron chi connectivity index (χ0n) is 19.8. The number of para-hydroxylation sites is 2. The lowest BCUT2D eigenvalue weighted by atomic mass is 10.2. The molecule has 0 atom stereocenters. The predicted molar refractivity (Wildman–Crippen MR) is 131 cm³/mol. The van der Waals surface area contributed by atoms with E-state index in [4.69, 9.17) is 4.74 Å². The van der Waals surface area contributed by atoms with Crippen LogP contribution >= 0.6 is 0 Å². The van der Waals surface area contributed by atoms with Gasteiger partial charge in [0.2, 0.25) is 15.9 Å². The van der Waals surface area contributed by atoms with Gasteiger partial charge in [-0.3, -0.25) is 9.59 Å². The smallest absolute Gasteiger partial charge is 0.343 e. The van der Waals surface area contributed by atoms with Crippen LogP contribution in [0.15, 0.2) is 69.7 Å². The highest BCUT2D eigenvalue weighted by Gasteiger charge is 2.28. The van der Waals surface area contributed by atoms with Crippen LogP contribution in [-0.4, -0.2) is 56.4 Å². The number of nitrogens with zero attached hydrogens (tertiary/aromatic N) is 2. The molecule has 2 aromatic carbocycles. The van der Waals surface area contributed by atoms with Gasteiger partial charge in [-0.25, -0.2) is 18.2 Å². The molecule has 0 saturated heterocycles. The summed E-state index contributed by atoms with van der Waals surface area (Å²) in [6.45, 7) is 4.26. The number of likely N-dealkylation sites (N-methyl/N-ethyl adjacent to an activating group) is 1. The van der Waals surface area contributed by atoms with E-state index in [2.05, 4.69) is 15.6 Å². The van der Waals surface area contributed by atoms with Crippen molar-refractivity contribution in [3.8, 4) is 0 Å². The van der Waals surface area contributed by atoms with Crippen LogP contribution in [0.5, 0.6) is 0 Å². The molecule has 3 rings (SSSR count). The Labute approximate surface area is 203 Å². The average Bonchev–Trinajstić information content (AvgIpc) is 2.94. The number of carbonyl (C=O) groups excluding carboxylic acids is 3. The summed E-state index contributed by atoms with van der Waals surface area (Å²) in [5.41, 5.74) is 1.93. The van der Waals surface area contributed by atoms with Crippen LogP contribution < -0.4 is 10.6 Å². The van der Waals surface area contributed by atoms with E-state index in [-0.39, 0.29) is 28.7 Å². The number of Topliss-reactive ketones (excluding diaryl/α,β-unsaturated/α-hetero) is 1. The van der Waals surface area contributed by atoms with E-state index < -0.39 is 28.4 Å². The molecule has 2 N–H and O–H groups in total. The van der Waals surface area contributed by atoms with Crippen LogP contribution in [-0.2, 0) is 24.3 Å². The summed E-state index contributed by atoms with van der Waals surface area (Å²) in [6, 6.07) is 12.5. The lowest BCUT2D eigenvalue weighted by Crippen LogP contribution is -2.42. The van der Waals surface area contributed by atoms with Gasteiger partial charge in [-0.1, -0.05) is 24.3 Å². The molecule has 1 aliphatic heterocycles. The van der Waals surface area contributed by atoms with Gasteiger partial charge in [0.15, 0.2) is 5.78 Å². The molecule has 1 aliphatic rings. The van der Waals surface area contributed by atoms with Crippen molar-refractivity contribution in [3.05, 3.63) is 65.4 Å². The van der Waals surface area contributed by atoms with E-state index >= 15 is 0 Å². The molecule has 10 nitrogen and oxygen atoms in total. The van der Waals surface area contributed by atoms with E-state index in [9.17, 15) is 22.8 Å². The molecule has 184 valence electrons. The number of allylic oxidation sites excluding steroid dienone is 1. The second-order valence-corrected chi connectivity index (χ2v) is 9.76. The van der Waals surface area contributed by atoms with Crippen molar-refractivity contribution < 1.29 is 27.5 Å². The van der Waals surface area contributed by atoms with Crippen molar-refractivity contribution in [2.24, 2.45) is 4.99 Å². The number of nitrogens with one attached hydrogen (secondary N) is 2. The molecule has 11 heteroatoms. The first-order chi connectivity index (χ1) is 16.5. The molecule has 0 fully saturated rings. The fourth-order valence-corrected chi connectivity index (χ4v) is 4.47. The van der Waals surface area contributed by atoms with Gasteiger partial charge in [0.25, 0.3) is 0 Å². The Morgan fingerprint density at radius 1 is 1.09 bits per heavy atom. The SMILES string of the molecule is CCOC(=O)C1=C(C)Nc2ccccc2N=C1NC(=O)CN(C)S(=O)(=O)c1ccc(C(C)=O)cc1. The number of benzene rings is 2. The number of amidine groups is 1. The van der Waals surface area contributed by atoms with Gasteiger partial charge >= 0.3 is 5.97 Å². The maximum absolute atomic E-state index is 12.9. The topological polar surface area (TPSA) is 134 Å². The fourth-order valence-electron chi connectivity index (χ4n) is 3.34. The Kier molecular flexibility index (Phi) is 7.82. The van der Waals surface area contributed by atoms with Crippen molar-refractivity contribution in [2.45, 2.75) is 25.7 Å². The van der Waals surface area contributed by atoms with Crippen LogP contribution in [0.1, 0.15) is 31.1 Å². The minimum absolute atomic E-state index is 0.0294. The molecule has 0 bridgehead atoms. The van der Waals surface area contributed by atoms with Crippen LogP contribution in [0.2, 0.25) is 0 Å². The molecular formula is C24H26N4O6S. The first-order valence-electron chi connectivity index (χ1n) is 10.7. The monoisotopic (exact) mass is 498 g/mol. The molecule has 0 aromatic heterocycles. The highest BCUT2D eigenvalue weighted by Crippen LogP contribution is 2.30. The number of aliphatic imine (C=N–C) groups is 1. The number of esters is 1. The molecule has 35 heavy (non-hydrogen) atoms. The third kappa shape index (κ3) is 5.81. The Bertz CT molecular complexity index is 1330. The van der Waals surface area contributed by atoms with Crippen LogP contribution in [0.3, 0.4) is 0 Å². The molecular weight excluding hydrogens is 472 g/mol. The Hall–Kier alpha value is -3.83. The van der Waals surface area contributed by atoms with E-state index in [0.29, 0.717) is 22.6 Å². The van der Waals surface area contributed by atoms with Crippen LogP contribution in [0.4, 0.5) is 11.4 Å². The molecule has 0 saturated carbocycles. The van der Waals surface area contributed by atoms with E-state index in [1.165, 1.54) is 38.2 Å². The number of carbonyl (C=O) groups is 3. The third-order valence-corrected chi connectivity index (χ3v) is 6.96. The Morgan fingerprint density at radius 2 is 1.74 bits per heavy atom. The molecule has 0 aliphatic carbocycles. The first-order valence-corrected chi connectivity index (χ1v) is 12.2. The van der Waals surface area contributed by atoms with E-state index in [1.807, 2.05) is 0 Å². The summed E-state index contributed by atoms with van der Waals surface area (Å²) in [4.78, 5) is 41.3. The Balaban J connectivity index is 1.86. The zero-order chi connectivity index (χ0) is 25.8. The summed E-state index contributed by atoms with van der Waals surface area (Å²) in [7, 11) is -2.76. The Morgan fingerprint density at radius 3 is 2.37 bits per heavy atom. The normalized spacial score (nSPS) is 13.3. The quantitative estimate of drug-likeness (QED) is 0.443. The minimum atomic E-state index is -4.02. The predicted octanol–water partition coefficient (Wildman–Crippen LogP) is 2.62. The molecule has 2 aromatic rings. The largest absolute Gasteiger partial charge is 0.462 e. The van der Waals surface area contributed by atoms with Crippen molar-refractivity contribution >= 4 is 44.9 Å². The number of amides is 1. The van der Waals surface area contributed by atoms with Crippen LogP contribution in [0.25, 0.3) is 0 Å². The van der Waals surface area contributed by atoms with Crippen molar-refractivity contribution in [2.75, 3.05) is 25.5 Å². The first kappa shape index (κ1) is 25.8. The van der Waals surface area contributed by atoms with Gasteiger partial charge in [-0.15, -0.1) is 0 Å². The van der Waals surface area contributed by atoms with Gasteiger partial charge in [0.1, 0.15) is 11.4 Å². The van der Waals surface area contributed by atoms with Gasteiger partial charge < -0.3 is 15.4 Å². The second-order valence-electron chi connectivity index (χ2n) is 7.71. The van der Waals surface area contributed by atoms with E-state index in [0.717, 1.165) is 4.31 Å².